The van der Waals surface area contributed by atoms with Gasteiger partial charge in [0.15, 0.2) is 0 Å². The van der Waals surface area contributed by atoms with Gasteiger partial charge in [0, 0.05) is 44.8 Å². The van der Waals surface area contributed by atoms with Crippen molar-refractivity contribution in [3.8, 4) is 17.2 Å². The van der Waals surface area contributed by atoms with Crippen LogP contribution in [0.4, 0.5) is 13.2 Å². The van der Waals surface area contributed by atoms with E-state index in [0.717, 1.165) is 43.9 Å². The molecule has 3 N–H and O–H groups in total. The van der Waals surface area contributed by atoms with Gasteiger partial charge in [-0.2, -0.15) is 18.4 Å². The third-order valence-corrected chi connectivity index (χ3v) is 5.75. The summed E-state index contributed by atoms with van der Waals surface area (Å²) >= 11 is 0. The molecule has 0 unspecified atom stereocenters. The molecule has 0 aromatic heterocycles. The lowest BCUT2D eigenvalue weighted by Crippen LogP contribution is -2.42. The molecule has 1 aliphatic heterocycles. The normalized spacial score (nSPS) is 13.5. The van der Waals surface area contributed by atoms with Gasteiger partial charge in [0.1, 0.15) is 0 Å². The van der Waals surface area contributed by atoms with E-state index in [9.17, 15) is 18.0 Å². The molecule has 0 spiro atoms. The molecule has 3 aromatic rings. The monoisotopic (exact) mass is 524 g/mol. The summed E-state index contributed by atoms with van der Waals surface area (Å²) in [6.07, 6.45) is -5.08. The molecule has 1 amide bonds. The molecule has 1 heterocycles. The minimum absolute atomic E-state index is 0.180. The highest BCUT2D eigenvalue weighted by Crippen LogP contribution is 2.22. The number of nitrogens with one attached hydrogen (secondary N) is 2. The number of carboxylic acids is 1. The van der Waals surface area contributed by atoms with E-state index in [1.54, 1.807) is 24.3 Å². The molecule has 1 fully saturated rings. The standard InChI is InChI=1S/C26H26N4O.C2HF3O2/c27-17-20-4-1-9-25(14-20)26(31)29-18-21-5-2-7-23(15-21)24-8-3-6-22(16-24)19-30-12-10-28-11-13-30;3-2(4,5)1(6)7/h1-9,14-16,28H,10-13,18-19H2,(H,29,31);(H,6,7). The zero-order valence-electron chi connectivity index (χ0n) is 20.5. The van der Waals surface area contributed by atoms with Crippen LogP contribution >= 0.6 is 0 Å². The first-order chi connectivity index (χ1) is 18.2. The Labute approximate surface area is 218 Å². The minimum Gasteiger partial charge on any atom is -0.475 e. The van der Waals surface area contributed by atoms with Crippen molar-refractivity contribution in [1.29, 1.82) is 5.26 Å². The lowest BCUT2D eigenvalue weighted by atomic mass is 10.0. The van der Waals surface area contributed by atoms with Crippen molar-refractivity contribution >= 4 is 11.9 Å². The number of nitrogens with zero attached hydrogens (tertiary/aromatic N) is 2. The Morgan fingerprint density at radius 3 is 2.13 bits per heavy atom. The molecule has 198 valence electrons. The number of carbonyl (C=O) groups excluding carboxylic acids is 1. The van der Waals surface area contributed by atoms with Gasteiger partial charge in [0.25, 0.3) is 5.91 Å². The molecular formula is C28H27F3N4O3. The maximum atomic E-state index is 12.4. The molecule has 3 aromatic carbocycles. The summed E-state index contributed by atoms with van der Waals surface area (Å²) in [6.45, 7) is 5.66. The summed E-state index contributed by atoms with van der Waals surface area (Å²) in [7, 11) is 0. The molecule has 10 heteroatoms. The van der Waals surface area contributed by atoms with Gasteiger partial charge in [0.05, 0.1) is 11.6 Å². The first-order valence-electron chi connectivity index (χ1n) is 11.9. The van der Waals surface area contributed by atoms with E-state index in [1.807, 2.05) is 12.1 Å². The van der Waals surface area contributed by atoms with Crippen molar-refractivity contribution in [2.24, 2.45) is 0 Å². The third kappa shape index (κ3) is 8.73. The fourth-order valence-corrected chi connectivity index (χ4v) is 3.85. The summed E-state index contributed by atoms with van der Waals surface area (Å²) in [5, 5.41) is 22.5. The van der Waals surface area contributed by atoms with Gasteiger partial charge in [-0.25, -0.2) is 4.79 Å². The maximum Gasteiger partial charge on any atom is 0.490 e. The number of hydrogen-bond donors (Lipinski definition) is 3. The second kappa shape index (κ2) is 13.4. The topological polar surface area (TPSA) is 105 Å². The predicted molar refractivity (Wildman–Crippen MR) is 136 cm³/mol. The number of amides is 1. The smallest absolute Gasteiger partial charge is 0.475 e. The van der Waals surface area contributed by atoms with Crippen LogP contribution in [0.25, 0.3) is 11.1 Å². The van der Waals surface area contributed by atoms with Gasteiger partial charge in [0.2, 0.25) is 0 Å². The van der Waals surface area contributed by atoms with Crippen LogP contribution in [0, 0.1) is 11.3 Å². The third-order valence-electron chi connectivity index (χ3n) is 5.75. The SMILES string of the molecule is N#Cc1cccc(C(=O)NCc2cccc(-c3cccc(CN4CCNCC4)c3)c2)c1.O=C(O)C(F)(F)F. The number of halogens is 3. The van der Waals surface area contributed by atoms with Crippen LogP contribution < -0.4 is 10.6 Å². The summed E-state index contributed by atoms with van der Waals surface area (Å²) in [6, 6.07) is 25.8. The van der Waals surface area contributed by atoms with Crippen LogP contribution in [0.2, 0.25) is 0 Å². The average molecular weight is 525 g/mol. The number of aliphatic carboxylic acids is 1. The molecule has 0 bridgehead atoms. The van der Waals surface area contributed by atoms with Crippen molar-refractivity contribution in [2.45, 2.75) is 19.3 Å². The van der Waals surface area contributed by atoms with Crippen molar-refractivity contribution in [1.82, 2.24) is 15.5 Å². The summed E-state index contributed by atoms with van der Waals surface area (Å²) in [5.41, 5.74) is 5.65. The van der Waals surface area contributed by atoms with Crippen molar-refractivity contribution in [3.05, 3.63) is 95.1 Å². The molecule has 0 radical (unpaired) electrons. The highest BCUT2D eigenvalue weighted by Gasteiger charge is 2.38. The van der Waals surface area contributed by atoms with Gasteiger partial charge in [-0.1, -0.05) is 42.5 Å². The zero-order chi connectivity index (χ0) is 27.5. The Kier molecular flexibility index (Phi) is 9.99. The van der Waals surface area contributed by atoms with Gasteiger partial charge >= 0.3 is 12.1 Å². The van der Waals surface area contributed by atoms with Crippen molar-refractivity contribution in [3.63, 3.8) is 0 Å². The average Bonchev–Trinajstić information content (AvgIpc) is 2.92. The molecule has 38 heavy (non-hydrogen) atoms. The van der Waals surface area contributed by atoms with Gasteiger partial charge in [-0.15, -0.1) is 0 Å². The highest BCUT2D eigenvalue weighted by atomic mass is 19.4. The fourth-order valence-electron chi connectivity index (χ4n) is 3.85. The number of alkyl halides is 3. The van der Waals surface area contributed by atoms with Gasteiger partial charge in [-0.3, -0.25) is 9.69 Å². The van der Waals surface area contributed by atoms with Crippen LogP contribution in [0.15, 0.2) is 72.8 Å². The lowest BCUT2D eigenvalue weighted by Gasteiger charge is -2.27. The van der Waals surface area contributed by atoms with E-state index in [4.69, 9.17) is 15.2 Å². The van der Waals surface area contributed by atoms with Crippen molar-refractivity contribution in [2.75, 3.05) is 26.2 Å². The van der Waals surface area contributed by atoms with E-state index in [-0.39, 0.29) is 5.91 Å². The molecule has 1 aliphatic rings. The summed E-state index contributed by atoms with van der Waals surface area (Å²) < 4.78 is 31.7. The Balaban J connectivity index is 0.000000505. The number of hydrogen-bond acceptors (Lipinski definition) is 5. The van der Waals surface area contributed by atoms with E-state index >= 15 is 0 Å². The van der Waals surface area contributed by atoms with E-state index in [1.165, 1.54) is 11.1 Å². The Bertz CT molecular complexity index is 1300. The lowest BCUT2D eigenvalue weighted by molar-refractivity contribution is -0.192. The maximum absolute atomic E-state index is 12.4. The van der Waals surface area contributed by atoms with E-state index in [0.29, 0.717) is 17.7 Å². The van der Waals surface area contributed by atoms with E-state index < -0.39 is 12.1 Å². The second-order valence-electron chi connectivity index (χ2n) is 8.61. The Morgan fingerprint density at radius 2 is 1.53 bits per heavy atom. The summed E-state index contributed by atoms with van der Waals surface area (Å²) in [5.74, 6) is -2.94. The fraction of sp³-hybridized carbons (Fsp3) is 0.250. The minimum atomic E-state index is -5.08. The first kappa shape index (κ1) is 28.4. The first-order valence-corrected chi connectivity index (χ1v) is 11.9. The zero-order valence-corrected chi connectivity index (χ0v) is 20.5. The quantitative estimate of drug-likeness (QED) is 0.447. The number of piperazine rings is 1. The molecule has 7 nitrogen and oxygen atoms in total. The predicted octanol–water partition coefficient (Wildman–Crippen LogP) is 4.19. The second-order valence-corrected chi connectivity index (χ2v) is 8.61. The molecular weight excluding hydrogens is 497 g/mol. The molecule has 1 saturated heterocycles. The molecule has 0 aliphatic carbocycles. The van der Waals surface area contributed by atoms with Gasteiger partial charge < -0.3 is 15.7 Å². The number of carboxylic acid groups (broad SMARTS) is 1. The van der Waals surface area contributed by atoms with Crippen molar-refractivity contribution < 1.29 is 27.9 Å². The molecule has 4 rings (SSSR count). The Morgan fingerprint density at radius 1 is 0.947 bits per heavy atom. The highest BCUT2D eigenvalue weighted by molar-refractivity contribution is 5.94. The number of rotatable bonds is 6. The van der Waals surface area contributed by atoms with E-state index in [2.05, 4.69) is 58.0 Å². The Hall–Kier alpha value is -4.20. The number of benzene rings is 3. The van der Waals surface area contributed by atoms with Crippen LogP contribution in [-0.2, 0) is 17.9 Å². The number of carbonyl (C=O) groups is 2. The summed E-state index contributed by atoms with van der Waals surface area (Å²) in [4.78, 5) is 23.8. The molecule has 0 atom stereocenters. The van der Waals surface area contributed by atoms with Crippen LogP contribution in [-0.4, -0.2) is 54.2 Å². The number of nitriles is 1. The molecule has 0 saturated carbocycles. The van der Waals surface area contributed by atoms with Crippen LogP contribution in [0.5, 0.6) is 0 Å². The van der Waals surface area contributed by atoms with Gasteiger partial charge in [-0.05, 0) is 52.6 Å². The van der Waals surface area contributed by atoms with Crippen LogP contribution in [0.1, 0.15) is 27.0 Å². The van der Waals surface area contributed by atoms with Crippen LogP contribution in [0.3, 0.4) is 0 Å². The largest absolute Gasteiger partial charge is 0.490 e.